The lowest BCUT2D eigenvalue weighted by molar-refractivity contribution is 0.0696. The average Bonchev–Trinajstić information content (AvgIpc) is 3.46. The predicted octanol–water partition coefficient (Wildman–Crippen LogP) is 4.62. The van der Waals surface area contributed by atoms with E-state index in [9.17, 15) is 50.7 Å². The molecule has 0 saturated carbocycles. The number of carbonyl (C=O) groups is 2. The molecule has 0 atom stereocenters. The van der Waals surface area contributed by atoms with Crippen LogP contribution in [0, 0.1) is 11.3 Å². The SMILES string of the molecule is N#Cc1c2c3c(c(Nc4ccc(C(=O)O)cc4S(=O)(=O)O)ccc3n(-c3nc4ccc(S(=O)(=O)O)cc4s3)c1=O)C(=O)c1ccccc1-2. The maximum Gasteiger partial charge on any atom is 0.335 e. The second-order valence-corrected chi connectivity index (χ2v) is 14.3. The second kappa shape index (κ2) is 10.6. The van der Waals surface area contributed by atoms with Gasteiger partial charge in [0.05, 0.1) is 43.1 Å². The molecule has 238 valence electrons. The monoisotopic (exact) mass is 700 g/mol. The molecule has 1 aliphatic rings. The highest BCUT2D eigenvalue weighted by molar-refractivity contribution is 7.86. The number of thiazole rings is 1. The molecule has 0 bridgehead atoms. The molecule has 0 fully saturated rings. The standard InChI is InChI=1S/C31H16N4O10S3/c32-13-18-25-16-3-1-2-4-17(16)28(36)26-21(33-20-7-5-14(30(38)39)11-24(20)48(43,44)45)9-10-22(27(25)26)35(29(18)37)31-34-19-8-6-15(47(40,41)42)12-23(19)46-31/h1-12,33H,(H,38,39)(H,40,41,42)(H,43,44,45). The summed E-state index contributed by atoms with van der Waals surface area (Å²) in [6, 6.07) is 17.6. The first-order chi connectivity index (χ1) is 22.7. The van der Waals surface area contributed by atoms with Crippen molar-refractivity contribution in [2.24, 2.45) is 0 Å². The summed E-state index contributed by atoms with van der Waals surface area (Å²) in [4.78, 5) is 43.1. The van der Waals surface area contributed by atoms with Crippen LogP contribution < -0.4 is 10.9 Å². The molecular formula is C31H16N4O10S3. The van der Waals surface area contributed by atoms with Crippen LogP contribution in [0.2, 0.25) is 0 Å². The molecule has 4 aromatic carbocycles. The van der Waals surface area contributed by atoms with Crippen molar-refractivity contribution in [2.45, 2.75) is 9.79 Å². The van der Waals surface area contributed by atoms with Crippen molar-refractivity contribution in [3.8, 4) is 22.3 Å². The highest BCUT2D eigenvalue weighted by atomic mass is 32.2. The van der Waals surface area contributed by atoms with Crippen LogP contribution in [0.4, 0.5) is 11.4 Å². The number of carboxylic acids is 1. The fraction of sp³-hybridized carbons (Fsp3) is 0. The van der Waals surface area contributed by atoms with Crippen LogP contribution in [0.15, 0.2) is 87.4 Å². The van der Waals surface area contributed by atoms with Crippen LogP contribution in [0.25, 0.3) is 37.4 Å². The lowest BCUT2D eigenvalue weighted by atomic mass is 9.81. The van der Waals surface area contributed by atoms with Crippen molar-refractivity contribution >= 4 is 75.8 Å². The van der Waals surface area contributed by atoms with Gasteiger partial charge in [0, 0.05) is 16.5 Å². The average molecular weight is 701 g/mol. The number of nitriles is 1. The summed E-state index contributed by atoms with van der Waals surface area (Å²) in [6.07, 6.45) is 0. The van der Waals surface area contributed by atoms with Crippen LogP contribution in [0.1, 0.15) is 31.8 Å². The fourth-order valence-electron chi connectivity index (χ4n) is 5.69. The zero-order chi connectivity index (χ0) is 34.3. The Morgan fingerprint density at radius 2 is 1.58 bits per heavy atom. The highest BCUT2D eigenvalue weighted by Gasteiger charge is 2.33. The van der Waals surface area contributed by atoms with Crippen LogP contribution >= 0.6 is 11.3 Å². The molecule has 4 N–H and O–H groups in total. The van der Waals surface area contributed by atoms with Crippen LogP contribution in [0.5, 0.6) is 0 Å². The number of anilines is 2. The Bertz CT molecular complexity index is 2800. The van der Waals surface area contributed by atoms with E-state index in [0.717, 1.165) is 40.2 Å². The highest BCUT2D eigenvalue weighted by Crippen LogP contribution is 2.45. The van der Waals surface area contributed by atoms with E-state index in [4.69, 9.17) is 0 Å². The third-order valence-corrected chi connectivity index (χ3v) is 10.5. The van der Waals surface area contributed by atoms with E-state index in [1.807, 2.05) is 6.07 Å². The number of aromatic carboxylic acids is 1. The molecule has 2 aromatic heterocycles. The van der Waals surface area contributed by atoms with Crippen molar-refractivity contribution < 1.29 is 40.6 Å². The molecule has 0 radical (unpaired) electrons. The van der Waals surface area contributed by atoms with Gasteiger partial charge in [0.1, 0.15) is 16.5 Å². The molecule has 17 heteroatoms. The summed E-state index contributed by atoms with van der Waals surface area (Å²) in [6.45, 7) is 0. The lowest BCUT2D eigenvalue weighted by Gasteiger charge is -2.25. The van der Waals surface area contributed by atoms with Gasteiger partial charge in [-0.3, -0.25) is 23.3 Å². The molecule has 0 unspecified atom stereocenters. The molecule has 48 heavy (non-hydrogen) atoms. The van der Waals surface area contributed by atoms with Gasteiger partial charge in [-0.25, -0.2) is 9.78 Å². The van der Waals surface area contributed by atoms with E-state index >= 15 is 0 Å². The minimum atomic E-state index is -4.97. The number of carbonyl (C=O) groups excluding carboxylic acids is 1. The van der Waals surface area contributed by atoms with Gasteiger partial charge < -0.3 is 10.4 Å². The molecule has 0 amide bonds. The van der Waals surface area contributed by atoms with Crippen molar-refractivity contribution in [3.63, 3.8) is 0 Å². The number of aromatic nitrogens is 2. The van der Waals surface area contributed by atoms with Gasteiger partial charge in [0.15, 0.2) is 10.9 Å². The van der Waals surface area contributed by atoms with E-state index < -0.39 is 52.9 Å². The zero-order valence-electron chi connectivity index (χ0n) is 23.7. The number of nitrogens with zero attached hydrogens (tertiary/aromatic N) is 3. The number of fused-ring (bicyclic) bond motifs is 3. The summed E-state index contributed by atoms with van der Waals surface area (Å²) >= 11 is 0.892. The number of benzene rings is 4. The van der Waals surface area contributed by atoms with Crippen LogP contribution in [0.3, 0.4) is 0 Å². The Balaban J connectivity index is 1.56. The number of pyridine rings is 1. The van der Waals surface area contributed by atoms with Gasteiger partial charge in [-0.05, 0) is 54.1 Å². The first-order valence-corrected chi connectivity index (χ1v) is 17.2. The van der Waals surface area contributed by atoms with E-state index in [-0.39, 0.29) is 59.9 Å². The third kappa shape index (κ3) is 4.74. The summed E-state index contributed by atoms with van der Waals surface area (Å²) in [5.74, 6) is -2.01. The topological polar surface area (TPSA) is 234 Å². The minimum absolute atomic E-state index is 0.00686. The predicted molar refractivity (Wildman–Crippen MR) is 173 cm³/mol. The molecular weight excluding hydrogens is 685 g/mol. The van der Waals surface area contributed by atoms with E-state index in [2.05, 4.69) is 10.3 Å². The molecule has 0 saturated heterocycles. The quantitative estimate of drug-likeness (QED) is 0.174. The maximum absolute atomic E-state index is 14.2. The largest absolute Gasteiger partial charge is 0.478 e. The summed E-state index contributed by atoms with van der Waals surface area (Å²) in [5, 5.41) is 22.7. The number of ketones is 1. The Hall–Kier alpha value is -5.77. The first-order valence-electron chi connectivity index (χ1n) is 13.5. The van der Waals surface area contributed by atoms with Crippen LogP contribution in [-0.4, -0.2) is 52.4 Å². The van der Waals surface area contributed by atoms with Crippen LogP contribution in [-0.2, 0) is 20.2 Å². The van der Waals surface area contributed by atoms with Gasteiger partial charge >= 0.3 is 5.97 Å². The molecule has 14 nitrogen and oxygen atoms in total. The molecule has 7 rings (SSSR count). The third-order valence-electron chi connectivity index (χ3n) is 7.73. The summed E-state index contributed by atoms with van der Waals surface area (Å²) < 4.78 is 68.9. The number of rotatable bonds is 6. The smallest absolute Gasteiger partial charge is 0.335 e. The van der Waals surface area contributed by atoms with Crippen molar-refractivity contribution in [1.29, 1.82) is 5.26 Å². The number of hydrogen-bond acceptors (Lipinski definition) is 11. The molecule has 0 aliphatic heterocycles. The fourth-order valence-corrected chi connectivity index (χ4v) is 7.96. The van der Waals surface area contributed by atoms with Gasteiger partial charge in [-0.2, -0.15) is 22.1 Å². The number of hydrogen-bond donors (Lipinski definition) is 4. The molecule has 0 spiro atoms. The second-order valence-electron chi connectivity index (χ2n) is 10.5. The Kier molecular flexibility index (Phi) is 6.83. The Morgan fingerprint density at radius 3 is 2.25 bits per heavy atom. The van der Waals surface area contributed by atoms with Crippen molar-refractivity contribution in [3.05, 3.63) is 105 Å². The van der Waals surface area contributed by atoms with Gasteiger partial charge in [0.25, 0.3) is 25.8 Å². The van der Waals surface area contributed by atoms with Gasteiger partial charge in [0.2, 0.25) is 0 Å². The summed E-state index contributed by atoms with van der Waals surface area (Å²) in [7, 11) is -9.53. The van der Waals surface area contributed by atoms with Crippen molar-refractivity contribution in [1.82, 2.24) is 9.55 Å². The van der Waals surface area contributed by atoms with E-state index in [0.29, 0.717) is 5.56 Å². The Morgan fingerprint density at radius 1 is 0.875 bits per heavy atom. The molecule has 6 aromatic rings. The minimum Gasteiger partial charge on any atom is -0.478 e. The first kappa shape index (κ1) is 30.9. The molecule has 1 aliphatic carbocycles. The van der Waals surface area contributed by atoms with Crippen molar-refractivity contribution in [2.75, 3.05) is 5.32 Å². The summed E-state index contributed by atoms with van der Waals surface area (Å²) in [5.41, 5.74) is -0.907. The van der Waals surface area contributed by atoms with Gasteiger partial charge in [-0.1, -0.05) is 35.6 Å². The number of nitrogens with one attached hydrogen (secondary N) is 1. The zero-order valence-corrected chi connectivity index (χ0v) is 26.1. The lowest BCUT2D eigenvalue weighted by Crippen LogP contribution is -2.25. The van der Waals surface area contributed by atoms with Gasteiger partial charge in [-0.15, -0.1) is 0 Å². The van der Waals surface area contributed by atoms with E-state index in [1.165, 1.54) is 30.3 Å². The maximum atomic E-state index is 14.2. The molecule has 2 heterocycles. The number of carboxylic acid groups (broad SMARTS) is 1. The normalized spacial score (nSPS) is 12.6. The van der Waals surface area contributed by atoms with E-state index in [1.54, 1.807) is 18.2 Å². The Labute approximate surface area is 273 Å².